The van der Waals surface area contributed by atoms with E-state index in [0.717, 1.165) is 18.4 Å². The Morgan fingerprint density at radius 1 is 1.45 bits per heavy atom. The maximum absolute atomic E-state index is 12.0. The molecule has 2 amide bonds. The van der Waals surface area contributed by atoms with E-state index in [0.29, 0.717) is 25.8 Å². The second-order valence-corrected chi connectivity index (χ2v) is 4.96. The normalized spacial score (nSPS) is 19.0. The number of pyridine rings is 1. The van der Waals surface area contributed by atoms with Gasteiger partial charge in [0, 0.05) is 19.2 Å². The lowest BCUT2D eigenvalue weighted by atomic mass is 10.1. The molecule has 0 spiro atoms. The van der Waals surface area contributed by atoms with Crippen LogP contribution in [0.4, 0.5) is 0 Å². The highest BCUT2D eigenvalue weighted by Gasteiger charge is 2.22. The van der Waals surface area contributed by atoms with E-state index in [9.17, 15) is 14.7 Å². The van der Waals surface area contributed by atoms with E-state index in [1.165, 1.54) is 6.20 Å². The molecule has 6 nitrogen and oxygen atoms in total. The van der Waals surface area contributed by atoms with E-state index < -0.39 is 6.04 Å². The van der Waals surface area contributed by atoms with E-state index >= 15 is 0 Å². The molecule has 20 heavy (non-hydrogen) atoms. The van der Waals surface area contributed by atoms with Crippen LogP contribution in [0.5, 0.6) is 5.75 Å². The molecular formula is C14H19N3O3. The second kappa shape index (κ2) is 6.88. The Labute approximate surface area is 117 Å². The van der Waals surface area contributed by atoms with E-state index in [2.05, 4.69) is 15.6 Å². The zero-order valence-electron chi connectivity index (χ0n) is 11.3. The van der Waals surface area contributed by atoms with Crippen LogP contribution in [0.25, 0.3) is 0 Å². The Bertz CT molecular complexity index is 490. The molecule has 0 aromatic carbocycles. The van der Waals surface area contributed by atoms with Crippen molar-refractivity contribution in [1.29, 1.82) is 0 Å². The molecule has 1 saturated heterocycles. The van der Waals surface area contributed by atoms with Gasteiger partial charge in [0.1, 0.15) is 11.8 Å². The van der Waals surface area contributed by atoms with Crippen molar-refractivity contribution in [3.05, 3.63) is 24.0 Å². The lowest BCUT2D eigenvalue weighted by Gasteiger charge is -2.15. The molecule has 2 rings (SSSR count). The molecule has 108 valence electrons. The largest absolute Gasteiger partial charge is 0.506 e. The van der Waals surface area contributed by atoms with Crippen molar-refractivity contribution in [3.8, 4) is 5.75 Å². The standard InChI is InChI=1S/C14H19N3O3/c18-11-7-10(8-15-9-11)5-6-16-14(20)12-3-1-2-4-13(19)17-12/h7-9,12,18H,1-6H2,(H,16,20)(H,17,19). The number of hydrogen-bond donors (Lipinski definition) is 3. The summed E-state index contributed by atoms with van der Waals surface area (Å²) in [4.78, 5) is 27.2. The summed E-state index contributed by atoms with van der Waals surface area (Å²) in [7, 11) is 0. The molecule has 1 fully saturated rings. The molecule has 1 aromatic heterocycles. The number of aromatic hydroxyl groups is 1. The van der Waals surface area contributed by atoms with Gasteiger partial charge in [0.05, 0.1) is 6.20 Å². The first-order valence-electron chi connectivity index (χ1n) is 6.85. The van der Waals surface area contributed by atoms with Crippen molar-refractivity contribution >= 4 is 11.8 Å². The fourth-order valence-corrected chi connectivity index (χ4v) is 2.23. The minimum Gasteiger partial charge on any atom is -0.506 e. The molecule has 3 N–H and O–H groups in total. The molecule has 2 heterocycles. The average Bonchev–Trinajstić information content (AvgIpc) is 2.63. The Hall–Kier alpha value is -2.11. The van der Waals surface area contributed by atoms with Gasteiger partial charge < -0.3 is 15.7 Å². The summed E-state index contributed by atoms with van der Waals surface area (Å²) in [5.41, 5.74) is 0.857. The predicted molar refractivity (Wildman–Crippen MR) is 73.0 cm³/mol. The first-order valence-corrected chi connectivity index (χ1v) is 6.85. The second-order valence-electron chi connectivity index (χ2n) is 4.96. The van der Waals surface area contributed by atoms with E-state index in [1.54, 1.807) is 12.3 Å². The Morgan fingerprint density at radius 3 is 3.10 bits per heavy atom. The molecular weight excluding hydrogens is 258 g/mol. The van der Waals surface area contributed by atoms with Crippen LogP contribution in [0.3, 0.4) is 0 Å². The van der Waals surface area contributed by atoms with Crippen LogP contribution in [-0.2, 0) is 16.0 Å². The van der Waals surface area contributed by atoms with Crippen molar-refractivity contribution in [2.45, 2.75) is 38.1 Å². The predicted octanol–water partition coefficient (Wildman–Crippen LogP) is 0.505. The van der Waals surface area contributed by atoms with Gasteiger partial charge in [-0.15, -0.1) is 0 Å². The van der Waals surface area contributed by atoms with Crippen LogP contribution >= 0.6 is 0 Å². The van der Waals surface area contributed by atoms with Crippen molar-refractivity contribution in [2.75, 3.05) is 6.54 Å². The summed E-state index contributed by atoms with van der Waals surface area (Å²) >= 11 is 0. The van der Waals surface area contributed by atoms with Gasteiger partial charge in [-0.25, -0.2) is 0 Å². The minimum atomic E-state index is -0.424. The van der Waals surface area contributed by atoms with E-state index in [-0.39, 0.29) is 17.6 Å². The fraction of sp³-hybridized carbons (Fsp3) is 0.500. The Balaban J connectivity index is 1.78. The van der Waals surface area contributed by atoms with Crippen LogP contribution in [0.15, 0.2) is 18.5 Å². The molecule has 6 heteroatoms. The number of rotatable bonds is 4. The number of hydrogen-bond acceptors (Lipinski definition) is 4. The highest BCUT2D eigenvalue weighted by Crippen LogP contribution is 2.10. The quantitative estimate of drug-likeness (QED) is 0.747. The van der Waals surface area contributed by atoms with E-state index in [4.69, 9.17) is 0 Å². The van der Waals surface area contributed by atoms with Crippen molar-refractivity contribution in [1.82, 2.24) is 15.6 Å². The highest BCUT2D eigenvalue weighted by atomic mass is 16.3. The number of amides is 2. The van der Waals surface area contributed by atoms with Crippen molar-refractivity contribution < 1.29 is 14.7 Å². The third kappa shape index (κ3) is 4.22. The zero-order valence-corrected chi connectivity index (χ0v) is 11.3. The van der Waals surface area contributed by atoms with Gasteiger partial charge in [-0.2, -0.15) is 0 Å². The number of carbonyl (C=O) groups excluding carboxylic acids is 2. The summed E-state index contributed by atoms with van der Waals surface area (Å²) in [6.07, 6.45) is 6.51. The lowest BCUT2D eigenvalue weighted by Crippen LogP contribution is -2.46. The molecule has 0 saturated carbocycles. The van der Waals surface area contributed by atoms with E-state index in [1.807, 2.05) is 0 Å². The summed E-state index contributed by atoms with van der Waals surface area (Å²) in [5.74, 6) is -0.0851. The van der Waals surface area contributed by atoms with Gasteiger partial charge >= 0.3 is 0 Å². The summed E-state index contributed by atoms with van der Waals surface area (Å²) in [6, 6.07) is 1.19. The molecule has 1 aliphatic rings. The third-order valence-electron chi connectivity index (χ3n) is 3.29. The molecule has 1 aliphatic heterocycles. The smallest absolute Gasteiger partial charge is 0.242 e. The van der Waals surface area contributed by atoms with Crippen LogP contribution < -0.4 is 10.6 Å². The lowest BCUT2D eigenvalue weighted by molar-refractivity contribution is -0.128. The zero-order chi connectivity index (χ0) is 14.4. The minimum absolute atomic E-state index is 0.0557. The highest BCUT2D eigenvalue weighted by molar-refractivity contribution is 5.87. The van der Waals surface area contributed by atoms with Gasteiger partial charge in [0.2, 0.25) is 11.8 Å². The summed E-state index contributed by atoms with van der Waals surface area (Å²) < 4.78 is 0. The number of carbonyl (C=O) groups is 2. The summed E-state index contributed by atoms with van der Waals surface area (Å²) in [5, 5.41) is 14.8. The molecule has 0 bridgehead atoms. The number of aromatic nitrogens is 1. The SMILES string of the molecule is O=C1CCCCC(C(=O)NCCc2cncc(O)c2)N1. The molecule has 0 aliphatic carbocycles. The van der Waals surface area contributed by atoms with Gasteiger partial charge in [-0.1, -0.05) is 6.42 Å². The van der Waals surface area contributed by atoms with Gasteiger partial charge in [-0.05, 0) is 30.9 Å². The first kappa shape index (κ1) is 14.3. The van der Waals surface area contributed by atoms with Gasteiger partial charge in [-0.3, -0.25) is 14.6 Å². The number of nitrogens with zero attached hydrogens (tertiary/aromatic N) is 1. The van der Waals surface area contributed by atoms with Crippen LogP contribution in [0, 0.1) is 0 Å². The fourth-order valence-electron chi connectivity index (χ4n) is 2.23. The van der Waals surface area contributed by atoms with Crippen LogP contribution in [0.2, 0.25) is 0 Å². The maximum atomic E-state index is 12.0. The topological polar surface area (TPSA) is 91.3 Å². The van der Waals surface area contributed by atoms with Crippen LogP contribution in [0.1, 0.15) is 31.2 Å². The Kier molecular flexibility index (Phi) is 4.92. The molecule has 1 aromatic rings. The maximum Gasteiger partial charge on any atom is 0.242 e. The van der Waals surface area contributed by atoms with Crippen molar-refractivity contribution in [2.24, 2.45) is 0 Å². The van der Waals surface area contributed by atoms with Gasteiger partial charge in [0.25, 0.3) is 0 Å². The first-order chi connectivity index (χ1) is 9.65. The molecule has 0 radical (unpaired) electrons. The third-order valence-corrected chi connectivity index (χ3v) is 3.29. The van der Waals surface area contributed by atoms with Crippen LogP contribution in [-0.4, -0.2) is 34.5 Å². The van der Waals surface area contributed by atoms with Gasteiger partial charge in [0.15, 0.2) is 0 Å². The summed E-state index contributed by atoms with van der Waals surface area (Å²) in [6.45, 7) is 0.455. The molecule has 1 unspecified atom stereocenters. The van der Waals surface area contributed by atoms with Crippen molar-refractivity contribution in [3.63, 3.8) is 0 Å². The Morgan fingerprint density at radius 2 is 2.30 bits per heavy atom. The monoisotopic (exact) mass is 277 g/mol. The average molecular weight is 277 g/mol. The molecule has 1 atom stereocenters. The number of nitrogens with one attached hydrogen (secondary N) is 2.